The second-order valence-electron chi connectivity index (χ2n) is 9.18. The molecule has 1 heterocycles. The number of amides is 1. The molecule has 0 saturated carbocycles. The van der Waals surface area contributed by atoms with Gasteiger partial charge in [0.25, 0.3) is 5.91 Å². The number of nitrogens with zero attached hydrogens (tertiary/aromatic N) is 1. The summed E-state index contributed by atoms with van der Waals surface area (Å²) in [6.45, 7) is 12.3. The molecule has 0 radical (unpaired) electrons. The number of likely N-dealkylation sites (tertiary alicyclic amines) is 1. The summed E-state index contributed by atoms with van der Waals surface area (Å²) >= 11 is 0. The first kappa shape index (κ1) is 23.8. The van der Waals surface area contributed by atoms with Crippen molar-refractivity contribution in [3.8, 4) is 0 Å². The summed E-state index contributed by atoms with van der Waals surface area (Å²) in [6, 6.07) is 5.35. The largest absolute Gasteiger partial charge is 0.352 e. The van der Waals surface area contributed by atoms with Crippen molar-refractivity contribution in [2.75, 3.05) is 19.6 Å². The lowest BCUT2D eigenvalue weighted by molar-refractivity contribution is 0.0950. The molecule has 164 valence electrons. The summed E-state index contributed by atoms with van der Waals surface area (Å²) in [5, 5.41) is 2.94. The van der Waals surface area contributed by atoms with Gasteiger partial charge in [0.1, 0.15) is 0 Å². The van der Waals surface area contributed by atoms with E-state index < -0.39 is 15.6 Å². The Morgan fingerprint density at radius 2 is 1.93 bits per heavy atom. The van der Waals surface area contributed by atoms with Crippen molar-refractivity contribution in [1.29, 1.82) is 0 Å². The second kappa shape index (κ2) is 10.0. The van der Waals surface area contributed by atoms with Crippen molar-refractivity contribution in [3.63, 3.8) is 0 Å². The summed E-state index contributed by atoms with van der Waals surface area (Å²) in [5.41, 5.74) is 0.587. The van der Waals surface area contributed by atoms with Crippen LogP contribution in [0.1, 0.15) is 75.7 Å². The van der Waals surface area contributed by atoms with Crippen LogP contribution < -0.4 is 10.0 Å². The number of sulfonamides is 1. The zero-order valence-electron chi connectivity index (χ0n) is 18.5. The van der Waals surface area contributed by atoms with E-state index in [-0.39, 0.29) is 10.8 Å². The molecule has 0 aliphatic carbocycles. The summed E-state index contributed by atoms with van der Waals surface area (Å²) < 4.78 is 27.8. The molecule has 1 atom stereocenters. The molecule has 1 aliphatic heterocycles. The van der Waals surface area contributed by atoms with Gasteiger partial charge in [0.2, 0.25) is 10.0 Å². The third kappa shape index (κ3) is 7.39. The van der Waals surface area contributed by atoms with Crippen LogP contribution in [0.2, 0.25) is 0 Å². The van der Waals surface area contributed by atoms with Crippen molar-refractivity contribution < 1.29 is 13.2 Å². The Morgan fingerprint density at radius 3 is 2.59 bits per heavy atom. The number of hydrogen-bond donors (Lipinski definition) is 2. The molecule has 0 aromatic heterocycles. The van der Waals surface area contributed by atoms with Crippen LogP contribution in [0.25, 0.3) is 0 Å². The predicted octanol–water partition coefficient (Wildman–Crippen LogP) is 3.46. The number of unbranched alkanes of at least 4 members (excludes halogenated alkanes) is 1. The Morgan fingerprint density at radius 1 is 1.21 bits per heavy atom. The van der Waals surface area contributed by atoms with E-state index in [1.165, 1.54) is 31.9 Å². The smallest absolute Gasteiger partial charge is 0.251 e. The Hall–Kier alpha value is -1.44. The average molecular weight is 424 g/mol. The van der Waals surface area contributed by atoms with E-state index in [0.29, 0.717) is 18.2 Å². The maximum Gasteiger partial charge on any atom is 0.251 e. The Labute approximate surface area is 176 Å². The predicted molar refractivity (Wildman–Crippen MR) is 118 cm³/mol. The quantitative estimate of drug-likeness (QED) is 0.628. The topological polar surface area (TPSA) is 78.5 Å². The van der Waals surface area contributed by atoms with Crippen LogP contribution in [0.15, 0.2) is 23.1 Å². The fraction of sp³-hybridized carbons (Fsp3) is 0.682. The first-order valence-electron chi connectivity index (χ1n) is 10.7. The monoisotopic (exact) mass is 423 g/mol. The molecule has 1 fully saturated rings. The van der Waals surface area contributed by atoms with Gasteiger partial charge >= 0.3 is 0 Å². The lowest BCUT2D eigenvalue weighted by Gasteiger charge is -2.33. The van der Waals surface area contributed by atoms with Crippen molar-refractivity contribution in [2.24, 2.45) is 0 Å². The SMILES string of the molecule is Cc1ccc(S(=O)(=O)NC(C)(C)C)cc1C(=O)NCCCCN1CCCCC1C. The van der Waals surface area contributed by atoms with Gasteiger partial charge in [0.05, 0.1) is 4.90 Å². The molecule has 2 N–H and O–H groups in total. The maximum atomic E-state index is 12.6. The molecule has 6 nitrogen and oxygen atoms in total. The molecule has 1 aliphatic rings. The number of nitrogens with one attached hydrogen (secondary N) is 2. The molecule has 1 saturated heterocycles. The summed E-state index contributed by atoms with van der Waals surface area (Å²) in [5.74, 6) is -0.221. The third-order valence-corrected chi connectivity index (χ3v) is 7.06. The molecule has 29 heavy (non-hydrogen) atoms. The van der Waals surface area contributed by atoms with Gasteiger partial charge in [-0.2, -0.15) is 0 Å². The molecule has 7 heteroatoms. The Bertz CT molecular complexity index is 800. The van der Waals surface area contributed by atoms with Crippen molar-refractivity contribution >= 4 is 15.9 Å². The van der Waals surface area contributed by atoms with Crippen LogP contribution in [0, 0.1) is 6.92 Å². The van der Waals surface area contributed by atoms with E-state index in [4.69, 9.17) is 0 Å². The molecule has 0 spiro atoms. The van der Waals surface area contributed by atoms with Crippen LogP contribution in [0.3, 0.4) is 0 Å². The number of rotatable bonds is 8. The maximum absolute atomic E-state index is 12.6. The molecular weight excluding hydrogens is 386 g/mol. The Kier molecular flexibility index (Phi) is 8.26. The van der Waals surface area contributed by atoms with Crippen LogP contribution in [0.4, 0.5) is 0 Å². The van der Waals surface area contributed by atoms with E-state index >= 15 is 0 Å². The number of piperidine rings is 1. The van der Waals surface area contributed by atoms with Crippen LogP contribution in [-0.2, 0) is 10.0 Å². The van der Waals surface area contributed by atoms with E-state index in [2.05, 4.69) is 21.9 Å². The van der Waals surface area contributed by atoms with Gasteiger partial charge in [-0.3, -0.25) is 4.79 Å². The van der Waals surface area contributed by atoms with Crippen molar-refractivity contribution in [1.82, 2.24) is 14.9 Å². The average Bonchev–Trinajstić information content (AvgIpc) is 2.61. The summed E-state index contributed by atoms with van der Waals surface area (Å²) in [4.78, 5) is 15.3. The lowest BCUT2D eigenvalue weighted by Crippen LogP contribution is -2.40. The molecule has 0 bridgehead atoms. The summed E-state index contributed by atoms with van der Waals surface area (Å²) in [7, 11) is -3.67. The van der Waals surface area contributed by atoms with Crippen molar-refractivity contribution in [3.05, 3.63) is 29.3 Å². The van der Waals surface area contributed by atoms with Gasteiger partial charge < -0.3 is 10.2 Å². The Balaban J connectivity index is 1.90. The van der Waals surface area contributed by atoms with Crippen LogP contribution >= 0.6 is 0 Å². The van der Waals surface area contributed by atoms with Gasteiger partial charge in [-0.15, -0.1) is 0 Å². The highest BCUT2D eigenvalue weighted by atomic mass is 32.2. The number of carbonyl (C=O) groups is 1. The highest BCUT2D eigenvalue weighted by Gasteiger charge is 2.23. The highest BCUT2D eigenvalue weighted by Crippen LogP contribution is 2.18. The third-order valence-electron chi connectivity index (χ3n) is 5.30. The standard InChI is InChI=1S/C22H37N3O3S/c1-17-11-12-19(29(27,28)24-22(3,4)5)16-20(17)21(26)23-13-7-9-15-25-14-8-6-10-18(25)2/h11-12,16,18,24H,6-10,13-15H2,1-5H3,(H,23,26). The number of aryl methyl sites for hydroxylation is 1. The minimum atomic E-state index is -3.67. The number of benzene rings is 1. The zero-order chi connectivity index (χ0) is 21.7. The van der Waals surface area contributed by atoms with E-state index in [0.717, 1.165) is 24.9 Å². The normalized spacial score (nSPS) is 18.6. The van der Waals surface area contributed by atoms with Gasteiger partial charge in [0.15, 0.2) is 0 Å². The van der Waals surface area contributed by atoms with Gasteiger partial charge in [-0.1, -0.05) is 12.5 Å². The number of carbonyl (C=O) groups excluding carboxylic acids is 1. The highest BCUT2D eigenvalue weighted by molar-refractivity contribution is 7.89. The molecule has 2 rings (SSSR count). The van der Waals surface area contributed by atoms with E-state index in [9.17, 15) is 13.2 Å². The van der Waals surface area contributed by atoms with Crippen LogP contribution in [-0.4, -0.2) is 50.4 Å². The minimum Gasteiger partial charge on any atom is -0.352 e. The fourth-order valence-corrected chi connectivity index (χ4v) is 5.15. The first-order valence-corrected chi connectivity index (χ1v) is 12.1. The van der Waals surface area contributed by atoms with Gasteiger partial charge in [-0.05, 0) is 91.1 Å². The summed E-state index contributed by atoms with van der Waals surface area (Å²) in [6.07, 6.45) is 5.85. The minimum absolute atomic E-state index is 0.113. The molecule has 1 aromatic rings. The second-order valence-corrected chi connectivity index (χ2v) is 10.9. The van der Waals surface area contributed by atoms with E-state index in [1.54, 1.807) is 32.9 Å². The molecule has 1 amide bonds. The van der Waals surface area contributed by atoms with E-state index in [1.807, 2.05) is 6.92 Å². The molecule has 1 unspecified atom stereocenters. The molecular formula is C22H37N3O3S. The molecule has 1 aromatic carbocycles. The van der Waals surface area contributed by atoms with Crippen LogP contribution in [0.5, 0.6) is 0 Å². The van der Waals surface area contributed by atoms with Gasteiger partial charge in [-0.25, -0.2) is 13.1 Å². The van der Waals surface area contributed by atoms with Crippen molar-refractivity contribution in [2.45, 2.75) is 83.2 Å². The number of hydrogen-bond acceptors (Lipinski definition) is 4. The van der Waals surface area contributed by atoms with Gasteiger partial charge in [0, 0.05) is 23.7 Å². The fourth-order valence-electron chi connectivity index (χ4n) is 3.70. The lowest BCUT2D eigenvalue weighted by atomic mass is 10.0. The zero-order valence-corrected chi connectivity index (χ0v) is 19.4. The first-order chi connectivity index (χ1) is 13.5.